The Morgan fingerprint density at radius 3 is 2.67 bits per heavy atom. The van der Waals surface area contributed by atoms with Crippen LogP contribution in [0.1, 0.15) is 70.0 Å². The standard InChI is InChI=1S/C18H30N4O2/c1-13(2)18-19-16(24-20-18)9-4-10-17(23)22-12-6-8-15(22)14-7-5-11-21(14)3/h13-15H,4-12H2,1-3H3/t14-,15+/m1/s1. The van der Waals surface area contributed by atoms with Crippen LogP contribution in [0.3, 0.4) is 0 Å². The Morgan fingerprint density at radius 1 is 1.25 bits per heavy atom. The Morgan fingerprint density at radius 2 is 2.00 bits per heavy atom. The van der Waals surface area contributed by atoms with E-state index in [2.05, 4.69) is 27.0 Å². The van der Waals surface area contributed by atoms with Gasteiger partial charge in [0.25, 0.3) is 0 Å². The molecule has 0 spiro atoms. The number of carbonyl (C=O) groups is 1. The Balaban J connectivity index is 1.48. The van der Waals surface area contributed by atoms with Crippen molar-refractivity contribution < 1.29 is 9.32 Å². The summed E-state index contributed by atoms with van der Waals surface area (Å²) in [5.41, 5.74) is 0. The van der Waals surface area contributed by atoms with Gasteiger partial charge in [-0.1, -0.05) is 19.0 Å². The molecule has 2 aliphatic rings. The first-order valence-corrected chi connectivity index (χ1v) is 9.38. The van der Waals surface area contributed by atoms with E-state index in [-0.39, 0.29) is 5.92 Å². The van der Waals surface area contributed by atoms with Crippen molar-refractivity contribution in [2.24, 2.45) is 0 Å². The second-order valence-electron chi connectivity index (χ2n) is 7.54. The number of likely N-dealkylation sites (tertiary alicyclic amines) is 2. The van der Waals surface area contributed by atoms with Crippen LogP contribution in [0.25, 0.3) is 0 Å². The number of nitrogens with zero attached hydrogens (tertiary/aromatic N) is 4. The molecule has 24 heavy (non-hydrogen) atoms. The lowest BCUT2D eigenvalue weighted by molar-refractivity contribution is -0.133. The van der Waals surface area contributed by atoms with Crippen LogP contribution in [0.15, 0.2) is 4.52 Å². The maximum absolute atomic E-state index is 12.7. The number of aromatic nitrogens is 2. The predicted octanol–water partition coefficient (Wildman–Crippen LogP) is 2.60. The molecule has 2 atom stereocenters. The lowest BCUT2D eigenvalue weighted by Crippen LogP contribution is -2.47. The first kappa shape index (κ1) is 17.4. The van der Waals surface area contributed by atoms with E-state index >= 15 is 0 Å². The number of hydrogen-bond acceptors (Lipinski definition) is 5. The van der Waals surface area contributed by atoms with Gasteiger partial charge in [0.1, 0.15) is 0 Å². The lowest BCUT2D eigenvalue weighted by Gasteiger charge is -2.33. The number of rotatable bonds is 6. The highest BCUT2D eigenvalue weighted by Gasteiger charge is 2.37. The summed E-state index contributed by atoms with van der Waals surface area (Å²) >= 11 is 0. The largest absolute Gasteiger partial charge is 0.339 e. The Labute approximate surface area is 144 Å². The monoisotopic (exact) mass is 334 g/mol. The molecule has 1 aromatic heterocycles. The zero-order valence-electron chi connectivity index (χ0n) is 15.2. The van der Waals surface area contributed by atoms with Crippen LogP contribution in [-0.4, -0.2) is 58.1 Å². The third-order valence-corrected chi connectivity index (χ3v) is 5.42. The fourth-order valence-electron chi connectivity index (χ4n) is 4.06. The normalized spacial score (nSPS) is 25.1. The summed E-state index contributed by atoms with van der Waals surface area (Å²) in [6, 6.07) is 0.974. The minimum atomic E-state index is 0.276. The molecule has 3 rings (SSSR count). The van der Waals surface area contributed by atoms with Crippen molar-refractivity contribution in [3.05, 3.63) is 11.7 Å². The van der Waals surface area contributed by atoms with Crippen LogP contribution in [0.2, 0.25) is 0 Å². The Bertz CT molecular complexity index is 557. The molecule has 134 valence electrons. The predicted molar refractivity (Wildman–Crippen MR) is 91.7 cm³/mol. The Kier molecular flexibility index (Phi) is 5.54. The smallest absolute Gasteiger partial charge is 0.226 e. The zero-order chi connectivity index (χ0) is 17.1. The molecule has 0 N–H and O–H groups in total. The van der Waals surface area contributed by atoms with Crippen LogP contribution in [-0.2, 0) is 11.2 Å². The third-order valence-electron chi connectivity index (χ3n) is 5.42. The number of carbonyl (C=O) groups excluding carboxylic acids is 1. The lowest BCUT2D eigenvalue weighted by atomic mass is 10.0. The molecule has 3 heterocycles. The highest BCUT2D eigenvalue weighted by atomic mass is 16.5. The second-order valence-corrected chi connectivity index (χ2v) is 7.54. The fourth-order valence-corrected chi connectivity index (χ4v) is 4.06. The molecule has 6 nitrogen and oxygen atoms in total. The van der Waals surface area contributed by atoms with Gasteiger partial charge in [-0.05, 0) is 45.7 Å². The topological polar surface area (TPSA) is 62.5 Å². The van der Waals surface area contributed by atoms with E-state index in [1.54, 1.807) is 0 Å². The number of hydrogen-bond donors (Lipinski definition) is 0. The quantitative estimate of drug-likeness (QED) is 0.800. The molecular formula is C18H30N4O2. The van der Waals surface area contributed by atoms with Crippen LogP contribution >= 0.6 is 0 Å². The number of aryl methyl sites for hydroxylation is 1. The van der Waals surface area contributed by atoms with E-state index in [1.807, 2.05) is 13.8 Å². The van der Waals surface area contributed by atoms with Crippen molar-refractivity contribution in [2.45, 2.75) is 76.8 Å². The Hall–Kier alpha value is -1.43. The minimum Gasteiger partial charge on any atom is -0.339 e. The number of likely N-dealkylation sites (N-methyl/N-ethyl adjacent to an activating group) is 1. The molecule has 2 saturated heterocycles. The van der Waals surface area contributed by atoms with E-state index < -0.39 is 0 Å². The molecule has 0 radical (unpaired) electrons. The summed E-state index contributed by atoms with van der Waals surface area (Å²) in [6.07, 6.45) is 6.83. The van der Waals surface area contributed by atoms with Gasteiger partial charge in [-0.25, -0.2) is 0 Å². The highest BCUT2D eigenvalue weighted by molar-refractivity contribution is 5.76. The summed E-state index contributed by atoms with van der Waals surface area (Å²) in [7, 11) is 2.19. The minimum absolute atomic E-state index is 0.276. The van der Waals surface area contributed by atoms with Gasteiger partial charge < -0.3 is 14.3 Å². The summed E-state index contributed by atoms with van der Waals surface area (Å²) in [6.45, 7) is 6.18. The van der Waals surface area contributed by atoms with E-state index in [4.69, 9.17) is 4.52 Å². The molecular weight excluding hydrogens is 304 g/mol. The second kappa shape index (κ2) is 7.64. The van der Waals surface area contributed by atoms with Gasteiger partial charge in [-0.15, -0.1) is 0 Å². The summed E-state index contributed by atoms with van der Waals surface area (Å²) in [5, 5.41) is 3.98. The fraction of sp³-hybridized carbons (Fsp3) is 0.833. The van der Waals surface area contributed by atoms with Crippen molar-refractivity contribution in [3.63, 3.8) is 0 Å². The molecule has 1 amide bonds. The van der Waals surface area contributed by atoms with Crippen LogP contribution in [0.5, 0.6) is 0 Å². The summed E-state index contributed by atoms with van der Waals surface area (Å²) in [4.78, 5) is 21.6. The van der Waals surface area contributed by atoms with Gasteiger partial charge in [-0.3, -0.25) is 4.79 Å². The van der Waals surface area contributed by atoms with Gasteiger partial charge in [0, 0.05) is 37.4 Å². The number of amides is 1. The maximum Gasteiger partial charge on any atom is 0.226 e. The van der Waals surface area contributed by atoms with E-state index in [0.29, 0.717) is 36.7 Å². The van der Waals surface area contributed by atoms with Crippen molar-refractivity contribution in [3.8, 4) is 0 Å². The molecule has 0 unspecified atom stereocenters. The molecule has 2 fully saturated rings. The molecule has 6 heteroatoms. The van der Waals surface area contributed by atoms with Crippen molar-refractivity contribution in [2.75, 3.05) is 20.1 Å². The SMILES string of the molecule is CC(C)c1noc(CCCC(=O)N2CCC[C@H]2[C@H]2CCCN2C)n1. The highest BCUT2D eigenvalue weighted by Crippen LogP contribution is 2.29. The first-order valence-electron chi connectivity index (χ1n) is 9.38. The molecule has 0 aliphatic carbocycles. The van der Waals surface area contributed by atoms with Crippen LogP contribution < -0.4 is 0 Å². The molecule has 1 aromatic rings. The zero-order valence-corrected chi connectivity index (χ0v) is 15.2. The van der Waals surface area contributed by atoms with Gasteiger partial charge in [0.2, 0.25) is 11.8 Å². The maximum atomic E-state index is 12.7. The summed E-state index contributed by atoms with van der Waals surface area (Å²) < 4.78 is 5.26. The van der Waals surface area contributed by atoms with Crippen molar-refractivity contribution >= 4 is 5.91 Å². The van der Waals surface area contributed by atoms with E-state index in [0.717, 1.165) is 31.6 Å². The molecule has 0 bridgehead atoms. The van der Waals surface area contributed by atoms with Crippen LogP contribution in [0.4, 0.5) is 0 Å². The van der Waals surface area contributed by atoms with Crippen molar-refractivity contribution in [1.82, 2.24) is 19.9 Å². The van der Waals surface area contributed by atoms with Crippen LogP contribution in [0, 0.1) is 0 Å². The van der Waals surface area contributed by atoms with E-state index in [1.165, 1.54) is 19.4 Å². The third kappa shape index (κ3) is 3.79. The van der Waals surface area contributed by atoms with Crippen molar-refractivity contribution in [1.29, 1.82) is 0 Å². The molecule has 0 saturated carbocycles. The average molecular weight is 334 g/mol. The van der Waals surface area contributed by atoms with Gasteiger partial charge in [0.15, 0.2) is 5.82 Å². The average Bonchev–Trinajstić information content (AvgIpc) is 3.25. The van der Waals surface area contributed by atoms with E-state index in [9.17, 15) is 4.79 Å². The molecule has 0 aromatic carbocycles. The van der Waals surface area contributed by atoms with Gasteiger partial charge >= 0.3 is 0 Å². The van der Waals surface area contributed by atoms with Gasteiger partial charge in [0.05, 0.1) is 0 Å². The molecule has 2 aliphatic heterocycles. The van der Waals surface area contributed by atoms with Gasteiger partial charge in [-0.2, -0.15) is 4.98 Å². The first-order chi connectivity index (χ1) is 11.6. The summed E-state index contributed by atoms with van der Waals surface area (Å²) in [5.74, 6) is 1.97.